The first kappa shape index (κ1) is 10.0. The molecule has 0 spiro atoms. The van der Waals surface area contributed by atoms with Crippen LogP contribution in [0.1, 0.15) is 32.1 Å². The van der Waals surface area contributed by atoms with Gasteiger partial charge in [-0.25, -0.2) is 0 Å². The second-order valence-corrected chi connectivity index (χ2v) is 3.77. The van der Waals surface area contributed by atoms with Crippen LogP contribution in [-0.4, -0.2) is 38.3 Å². The highest BCUT2D eigenvalue weighted by atomic mass is 16.5. The molecule has 0 bridgehead atoms. The van der Waals surface area contributed by atoms with Crippen molar-refractivity contribution in [2.45, 2.75) is 38.1 Å². The van der Waals surface area contributed by atoms with Crippen LogP contribution in [0.2, 0.25) is 0 Å². The van der Waals surface area contributed by atoms with Crippen molar-refractivity contribution in [2.75, 3.05) is 27.3 Å². The van der Waals surface area contributed by atoms with Crippen molar-refractivity contribution in [2.24, 2.45) is 0 Å². The molecule has 0 aromatic carbocycles. The molecule has 72 valence electrons. The minimum absolute atomic E-state index is 0.828. The summed E-state index contributed by atoms with van der Waals surface area (Å²) in [5.41, 5.74) is 0. The predicted octanol–water partition coefficient (Wildman–Crippen LogP) is 1.90. The lowest BCUT2D eigenvalue weighted by atomic mass is 9.94. The van der Waals surface area contributed by atoms with Gasteiger partial charge >= 0.3 is 0 Å². The van der Waals surface area contributed by atoms with Crippen LogP contribution in [0.25, 0.3) is 0 Å². The Morgan fingerprint density at radius 3 is 2.50 bits per heavy atom. The molecule has 0 amide bonds. The molecule has 0 unspecified atom stereocenters. The van der Waals surface area contributed by atoms with E-state index >= 15 is 0 Å². The highest BCUT2D eigenvalue weighted by Gasteiger charge is 2.16. The van der Waals surface area contributed by atoms with Crippen LogP contribution in [0.5, 0.6) is 0 Å². The highest BCUT2D eigenvalue weighted by molar-refractivity contribution is 4.72. The fourth-order valence-electron chi connectivity index (χ4n) is 1.94. The molecule has 12 heavy (non-hydrogen) atoms. The van der Waals surface area contributed by atoms with Crippen molar-refractivity contribution >= 4 is 0 Å². The number of hydrogen-bond donors (Lipinski definition) is 0. The van der Waals surface area contributed by atoms with Gasteiger partial charge in [0, 0.05) is 19.7 Å². The molecule has 0 aromatic rings. The number of rotatable bonds is 4. The topological polar surface area (TPSA) is 12.5 Å². The Labute approximate surface area is 75.9 Å². The molecule has 0 aliphatic heterocycles. The molecular weight excluding hydrogens is 150 g/mol. The molecule has 0 N–H and O–H groups in total. The van der Waals surface area contributed by atoms with Gasteiger partial charge in [-0.3, -0.25) is 0 Å². The Bertz CT molecular complexity index is 110. The molecule has 0 heterocycles. The first-order valence-corrected chi connectivity index (χ1v) is 5.04. The zero-order valence-electron chi connectivity index (χ0n) is 8.38. The van der Waals surface area contributed by atoms with E-state index < -0.39 is 0 Å². The quantitative estimate of drug-likeness (QED) is 0.640. The Hall–Kier alpha value is -0.0800. The maximum Gasteiger partial charge on any atom is 0.0589 e. The average Bonchev–Trinajstić information content (AvgIpc) is 2.15. The van der Waals surface area contributed by atoms with Crippen LogP contribution >= 0.6 is 0 Å². The number of nitrogens with zero attached hydrogens (tertiary/aromatic N) is 1. The summed E-state index contributed by atoms with van der Waals surface area (Å²) in [4.78, 5) is 2.45. The van der Waals surface area contributed by atoms with Gasteiger partial charge in [-0.15, -0.1) is 0 Å². The number of hydrogen-bond acceptors (Lipinski definition) is 2. The Kier molecular flexibility index (Phi) is 4.62. The normalized spacial score (nSPS) is 20.2. The molecule has 0 aromatic heterocycles. The third-order valence-electron chi connectivity index (χ3n) is 2.85. The zero-order valence-corrected chi connectivity index (χ0v) is 8.38. The lowest BCUT2D eigenvalue weighted by molar-refractivity contribution is 0.123. The van der Waals surface area contributed by atoms with Crippen molar-refractivity contribution in [1.29, 1.82) is 0 Å². The van der Waals surface area contributed by atoms with Crippen LogP contribution in [-0.2, 0) is 4.74 Å². The van der Waals surface area contributed by atoms with Gasteiger partial charge < -0.3 is 9.64 Å². The molecule has 1 saturated carbocycles. The molecule has 0 radical (unpaired) electrons. The van der Waals surface area contributed by atoms with E-state index in [9.17, 15) is 0 Å². The monoisotopic (exact) mass is 171 g/mol. The molecule has 1 aliphatic rings. The maximum atomic E-state index is 5.06. The van der Waals surface area contributed by atoms with Gasteiger partial charge in [0.25, 0.3) is 0 Å². The van der Waals surface area contributed by atoms with E-state index in [-0.39, 0.29) is 0 Å². The van der Waals surface area contributed by atoms with Crippen molar-refractivity contribution in [1.82, 2.24) is 4.90 Å². The summed E-state index contributed by atoms with van der Waals surface area (Å²) >= 11 is 0. The smallest absolute Gasteiger partial charge is 0.0589 e. The van der Waals surface area contributed by atoms with Crippen molar-refractivity contribution in [3.8, 4) is 0 Å². The van der Waals surface area contributed by atoms with E-state index in [1.54, 1.807) is 7.11 Å². The third-order valence-corrected chi connectivity index (χ3v) is 2.85. The first-order chi connectivity index (χ1) is 5.84. The highest BCUT2D eigenvalue weighted by Crippen LogP contribution is 2.21. The summed E-state index contributed by atoms with van der Waals surface area (Å²) in [5.74, 6) is 0. The van der Waals surface area contributed by atoms with Crippen molar-refractivity contribution in [3.05, 3.63) is 0 Å². The summed E-state index contributed by atoms with van der Waals surface area (Å²) < 4.78 is 5.06. The molecule has 0 atom stereocenters. The molecule has 1 rings (SSSR count). The molecule has 1 aliphatic carbocycles. The van der Waals surface area contributed by atoms with Gasteiger partial charge in [0.05, 0.1) is 6.61 Å². The number of ether oxygens (including phenoxy) is 1. The summed E-state index contributed by atoms with van der Waals surface area (Å²) in [5, 5.41) is 0. The Morgan fingerprint density at radius 1 is 1.25 bits per heavy atom. The fourth-order valence-corrected chi connectivity index (χ4v) is 1.94. The predicted molar refractivity (Wildman–Crippen MR) is 51.4 cm³/mol. The zero-order chi connectivity index (χ0) is 8.81. The molecule has 0 saturated heterocycles. The van der Waals surface area contributed by atoms with Crippen LogP contribution in [0.3, 0.4) is 0 Å². The van der Waals surface area contributed by atoms with Gasteiger partial charge in [0.2, 0.25) is 0 Å². The van der Waals surface area contributed by atoms with E-state index in [0.29, 0.717) is 0 Å². The van der Waals surface area contributed by atoms with Crippen LogP contribution in [0.15, 0.2) is 0 Å². The van der Waals surface area contributed by atoms with E-state index in [1.807, 2.05) is 0 Å². The lowest BCUT2D eigenvalue weighted by Gasteiger charge is -2.30. The Balaban J connectivity index is 2.15. The Morgan fingerprint density at radius 2 is 1.92 bits per heavy atom. The minimum atomic E-state index is 0.828. The van der Waals surface area contributed by atoms with E-state index in [2.05, 4.69) is 11.9 Å². The largest absolute Gasteiger partial charge is 0.383 e. The molecule has 2 nitrogen and oxygen atoms in total. The summed E-state index contributed by atoms with van der Waals surface area (Å²) in [6.45, 7) is 1.95. The van der Waals surface area contributed by atoms with E-state index in [4.69, 9.17) is 4.74 Å². The van der Waals surface area contributed by atoms with Gasteiger partial charge in [0.15, 0.2) is 0 Å². The SMILES string of the molecule is COCCN(C)C1CCCCC1. The molecular formula is C10H21NO. The second-order valence-electron chi connectivity index (χ2n) is 3.77. The number of likely N-dealkylation sites (N-methyl/N-ethyl adjacent to an activating group) is 1. The number of methoxy groups -OCH3 is 1. The minimum Gasteiger partial charge on any atom is -0.383 e. The summed E-state index contributed by atoms with van der Waals surface area (Å²) in [6, 6.07) is 0.828. The van der Waals surface area contributed by atoms with Gasteiger partial charge in [-0.2, -0.15) is 0 Å². The molecule has 1 fully saturated rings. The third kappa shape index (κ3) is 3.11. The van der Waals surface area contributed by atoms with Crippen LogP contribution in [0.4, 0.5) is 0 Å². The maximum absolute atomic E-state index is 5.06. The standard InChI is InChI=1S/C10H21NO/c1-11(8-9-12-2)10-6-4-3-5-7-10/h10H,3-9H2,1-2H3. The van der Waals surface area contributed by atoms with Gasteiger partial charge in [-0.1, -0.05) is 19.3 Å². The van der Waals surface area contributed by atoms with Gasteiger partial charge in [-0.05, 0) is 19.9 Å². The van der Waals surface area contributed by atoms with Crippen molar-refractivity contribution < 1.29 is 4.74 Å². The average molecular weight is 171 g/mol. The van der Waals surface area contributed by atoms with Crippen molar-refractivity contribution in [3.63, 3.8) is 0 Å². The lowest BCUT2D eigenvalue weighted by Crippen LogP contribution is -2.35. The van der Waals surface area contributed by atoms with E-state index in [1.165, 1.54) is 32.1 Å². The van der Waals surface area contributed by atoms with E-state index in [0.717, 1.165) is 19.2 Å². The summed E-state index contributed by atoms with van der Waals surface area (Å²) in [6.07, 6.45) is 7.05. The van der Waals surface area contributed by atoms with Gasteiger partial charge in [0.1, 0.15) is 0 Å². The fraction of sp³-hybridized carbons (Fsp3) is 1.00. The summed E-state index contributed by atoms with van der Waals surface area (Å²) in [7, 11) is 3.99. The van der Waals surface area contributed by atoms with Crippen LogP contribution < -0.4 is 0 Å². The second kappa shape index (κ2) is 5.55. The van der Waals surface area contributed by atoms with Crippen LogP contribution in [0, 0.1) is 0 Å². The first-order valence-electron chi connectivity index (χ1n) is 5.04. The molecule has 2 heteroatoms.